The molecule has 150 valence electrons. The lowest BCUT2D eigenvalue weighted by molar-refractivity contribution is -0.118. The number of benzene rings is 3. The number of anilines is 1. The summed E-state index contributed by atoms with van der Waals surface area (Å²) in [5, 5.41) is 7.78. The highest BCUT2D eigenvalue weighted by Gasteiger charge is 2.15. The van der Waals surface area contributed by atoms with Gasteiger partial charge in [-0.1, -0.05) is 49.4 Å². The minimum Gasteiger partial charge on any atom is -0.483 e. The molecule has 29 heavy (non-hydrogen) atoms. The first-order valence-electron chi connectivity index (χ1n) is 9.49. The number of hydrogen-bond donors (Lipinski definition) is 2. The van der Waals surface area contributed by atoms with Crippen molar-refractivity contribution in [2.24, 2.45) is 0 Å². The van der Waals surface area contributed by atoms with E-state index in [0.717, 1.165) is 21.7 Å². The number of carbonyl (C=O) groups excluding carboxylic acids is 2. The van der Waals surface area contributed by atoms with Crippen LogP contribution in [-0.2, 0) is 4.79 Å². The van der Waals surface area contributed by atoms with Crippen molar-refractivity contribution >= 4 is 44.2 Å². The van der Waals surface area contributed by atoms with Crippen LogP contribution in [0.4, 0.5) is 5.69 Å². The molecule has 0 fully saturated rings. The van der Waals surface area contributed by atoms with E-state index in [1.807, 2.05) is 50.2 Å². The average Bonchev–Trinajstić information content (AvgIpc) is 2.73. The number of hydrogen-bond acceptors (Lipinski definition) is 3. The van der Waals surface area contributed by atoms with Gasteiger partial charge in [0.05, 0.1) is 15.7 Å². The fourth-order valence-corrected chi connectivity index (χ4v) is 3.46. The summed E-state index contributed by atoms with van der Waals surface area (Å²) in [6.07, 6.45) is 0.828. The topological polar surface area (TPSA) is 67.4 Å². The fourth-order valence-electron chi connectivity index (χ4n) is 2.85. The molecule has 0 unspecified atom stereocenters. The predicted molar refractivity (Wildman–Crippen MR) is 119 cm³/mol. The van der Waals surface area contributed by atoms with Crippen LogP contribution in [0, 0.1) is 0 Å². The van der Waals surface area contributed by atoms with Gasteiger partial charge in [0.15, 0.2) is 6.61 Å². The van der Waals surface area contributed by atoms with Gasteiger partial charge in [-0.15, -0.1) is 0 Å². The Labute approximate surface area is 178 Å². The van der Waals surface area contributed by atoms with Gasteiger partial charge in [0, 0.05) is 6.04 Å². The lowest BCUT2D eigenvalue weighted by Gasteiger charge is -2.15. The van der Waals surface area contributed by atoms with Crippen LogP contribution in [0.25, 0.3) is 10.8 Å². The standard InChI is InChI=1S/C23H23BrN2O3/c1-3-15(2)25-23(28)18-10-6-7-11-19(18)26-21(27)14-29-20-13-12-16-8-4-5-9-17(16)22(20)24/h4-13,15H,3,14H2,1-2H3,(H,25,28)(H,26,27)/t15-/m0/s1. The molecule has 0 saturated heterocycles. The summed E-state index contributed by atoms with van der Waals surface area (Å²) in [4.78, 5) is 24.9. The summed E-state index contributed by atoms with van der Waals surface area (Å²) < 4.78 is 6.50. The second kappa shape index (κ2) is 9.56. The maximum absolute atomic E-state index is 12.5. The van der Waals surface area contributed by atoms with Gasteiger partial charge in [-0.05, 0) is 58.2 Å². The molecule has 0 spiro atoms. The third kappa shape index (κ3) is 5.15. The number of carbonyl (C=O) groups is 2. The molecule has 0 bridgehead atoms. The fraction of sp³-hybridized carbons (Fsp3) is 0.217. The van der Waals surface area contributed by atoms with Gasteiger partial charge in [0.1, 0.15) is 5.75 Å². The Kier molecular flexibility index (Phi) is 6.88. The lowest BCUT2D eigenvalue weighted by atomic mass is 10.1. The molecule has 0 radical (unpaired) electrons. The Hall–Kier alpha value is -2.86. The van der Waals surface area contributed by atoms with E-state index in [1.54, 1.807) is 24.3 Å². The van der Waals surface area contributed by atoms with Crippen LogP contribution in [0.2, 0.25) is 0 Å². The summed E-state index contributed by atoms with van der Waals surface area (Å²) in [6.45, 7) is 3.77. The van der Waals surface area contributed by atoms with Crippen LogP contribution in [0.15, 0.2) is 65.1 Å². The van der Waals surface area contributed by atoms with Crippen molar-refractivity contribution in [3.05, 3.63) is 70.7 Å². The number of halogens is 1. The molecule has 2 N–H and O–H groups in total. The Balaban J connectivity index is 1.68. The van der Waals surface area contributed by atoms with E-state index in [-0.39, 0.29) is 24.5 Å². The van der Waals surface area contributed by atoms with Gasteiger partial charge in [-0.25, -0.2) is 0 Å². The van der Waals surface area contributed by atoms with Crippen LogP contribution in [0.1, 0.15) is 30.6 Å². The van der Waals surface area contributed by atoms with Gasteiger partial charge < -0.3 is 15.4 Å². The zero-order valence-electron chi connectivity index (χ0n) is 16.4. The summed E-state index contributed by atoms with van der Waals surface area (Å²) in [5.74, 6) is 0.0314. The number of nitrogens with one attached hydrogen (secondary N) is 2. The molecule has 3 aromatic rings. The molecule has 6 heteroatoms. The van der Waals surface area contributed by atoms with Crippen molar-refractivity contribution in [2.75, 3.05) is 11.9 Å². The minimum atomic E-state index is -0.339. The van der Waals surface area contributed by atoms with Gasteiger partial charge >= 0.3 is 0 Å². The molecule has 1 atom stereocenters. The first kappa shape index (κ1) is 20.9. The summed E-state index contributed by atoms with van der Waals surface area (Å²) in [6, 6.07) is 18.7. The Morgan fingerprint density at radius 3 is 2.55 bits per heavy atom. The Bertz CT molecular complexity index is 1040. The molecule has 0 aliphatic heterocycles. The quantitative estimate of drug-likeness (QED) is 0.518. The molecule has 2 amide bonds. The van der Waals surface area contributed by atoms with E-state index in [2.05, 4.69) is 26.6 Å². The predicted octanol–water partition coefficient (Wildman–Crippen LogP) is 5.15. The molecule has 0 saturated carbocycles. The third-order valence-corrected chi connectivity index (χ3v) is 5.44. The molecule has 0 heterocycles. The van der Waals surface area contributed by atoms with Crippen molar-refractivity contribution in [1.29, 1.82) is 0 Å². The SMILES string of the molecule is CC[C@H](C)NC(=O)c1ccccc1NC(=O)COc1ccc2ccccc2c1Br. The maximum Gasteiger partial charge on any atom is 0.262 e. The molecule has 0 aliphatic rings. The van der Waals surface area contributed by atoms with Crippen LogP contribution in [-0.4, -0.2) is 24.5 Å². The first-order valence-corrected chi connectivity index (χ1v) is 10.3. The molecule has 3 aromatic carbocycles. The normalized spacial score (nSPS) is 11.7. The van der Waals surface area contributed by atoms with Crippen LogP contribution in [0.5, 0.6) is 5.75 Å². The summed E-state index contributed by atoms with van der Waals surface area (Å²) >= 11 is 3.55. The average molecular weight is 455 g/mol. The van der Waals surface area contributed by atoms with Gasteiger partial charge in [-0.2, -0.15) is 0 Å². The van der Waals surface area contributed by atoms with Gasteiger partial charge in [0.25, 0.3) is 11.8 Å². The highest BCUT2D eigenvalue weighted by molar-refractivity contribution is 9.10. The summed E-state index contributed by atoms with van der Waals surface area (Å²) in [7, 11) is 0. The largest absolute Gasteiger partial charge is 0.483 e. The van der Waals surface area contributed by atoms with Crippen molar-refractivity contribution in [3.63, 3.8) is 0 Å². The lowest BCUT2D eigenvalue weighted by Crippen LogP contribution is -2.33. The van der Waals surface area contributed by atoms with Gasteiger partial charge in [-0.3, -0.25) is 9.59 Å². The molecular weight excluding hydrogens is 432 g/mol. The van der Waals surface area contributed by atoms with Crippen molar-refractivity contribution in [1.82, 2.24) is 5.32 Å². The Morgan fingerprint density at radius 2 is 1.76 bits per heavy atom. The molecule has 0 aliphatic carbocycles. The number of amides is 2. The van der Waals surface area contributed by atoms with E-state index in [4.69, 9.17) is 4.74 Å². The number of para-hydroxylation sites is 1. The number of fused-ring (bicyclic) bond motifs is 1. The van der Waals surface area contributed by atoms with E-state index >= 15 is 0 Å². The van der Waals surface area contributed by atoms with E-state index in [0.29, 0.717) is 17.0 Å². The molecule has 5 nitrogen and oxygen atoms in total. The van der Waals surface area contributed by atoms with Gasteiger partial charge in [0.2, 0.25) is 0 Å². The molecule has 0 aromatic heterocycles. The van der Waals surface area contributed by atoms with E-state index in [1.165, 1.54) is 0 Å². The van der Waals surface area contributed by atoms with Crippen LogP contribution >= 0.6 is 15.9 Å². The van der Waals surface area contributed by atoms with Crippen LogP contribution in [0.3, 0.4) is 0 Å². The maximum atomic E-state index is 12.5. The Morgan fingerprint density at radius 1 is 1.03 bits per heavy atom. The second-order valence-electron chi connectivity index (χ2n) is 6.76. The third-order valence-electron chi connectivity index (χ3n) is 4.62. The van der Waals surface area contributed by atoms with Crippen LogP contribution < -0.4 is 15.4 Å². The summed E-state index contributed by atoms with van der Waals surface area (Å²) in [5.41, 5.74) is 0.882. The molecule has 3 rings (SSSR count). The van der Waals surface area contributed by atoms with E-state index < -0.39 is 0 Å². The van der Waals surface area contributed by atoms with E-state index in [9.17, 15) is 9.59 Å². The van der Waals surface area contributed by atoms with Crippen molar-refractivity contribution in [3.8, 4) is 5.75 Å². The highest BCUT2D eigenvalue weighted by Crippen LogP contribution is 2.33. The second-order valence-corrected chi connectivity index (χ2v) is 7.56. The first-order chi connectivity index (χ1) is 14.0. The zero-order chi connectivity index (χ0) is 20.8. The van der Waals surface area contributed by atoms with Crippen molar-refractivity contribution in [2.45, 2.75) is 26.3 Å². The minimum absolute atomic E-state index is 0.0554. The monoisotopic (exact) mass is 454 g/mol. The zero-order valence-corrected chi connectivity index (χ0v) is 18.0. The smallest absolute Gasteiger partial charge is 0.262 e. The molecular formula is C23H23BrN2O3. The number of ether oxygens (including phenoxy) is 1. The highest BCUT2D eigenvalue weighted by atomic mass is 79.9. The van der Waals surface area contributed by atoms with Crippen molar-refractivity contribution < 1.29 is 14.3 Å². The number of rotatable bonds is 7.